The summed E-state index contributed by atoms with van der Waals surface area (Å²) in [5.74, 6) is -1.20. The van der Waals surface area contributed by atoms with Crippen LogP contribution in [0.2, 0.25) is 0 Å². The van der Waals surface area contributed by atoms with Crippen LogP contribution in [0.3, 0.4) is 0 Å². The van der Waals surface area contributed by atoms with Gasteiger partial charge in [-0.2, -0.15) is 5.10 Å². The summed E-state index contributed by atoms with van der Waals surface area (Å²) in [4.78, 5) is 14.9. The number of fused-ring (bicyclic) bond motifs is 1. The van der Waals surface area contributed by atoms with Crippen LogP contribution in [-0.4, -0.2) is 33.6 Å². The fourth-order valence-corrected chi connectivity index (χ4v) is 3.97. The Morgan fingerprint density at radius 1 is 1.26 bits per heavy atom. The number of amides is 1. The average molecular weight is 397 g/mol. The number of carbonyl (C=O) groups is 1. The molecule has 27 heavy (non-hydrogen) atoms. The molecule has 2 aromatic rings. The van der Waals surface area contributed by atoms with Crippen molar-refractivity contribution in [3.05, 3.63) is 52.3 Å². The highest BCUT2D eigenvalue weighted by Gasteiger charge is 2.32. The zero-order valence-electron chi connectivity index (χ0n) is 14.9. The van der Waals surface area contributed by atoms with E-state index in [4.69, 9.17) is 0 Å². The van der Waals surface area contributed by atoms with Crippen LogP contribution in [0.15, 0.2) is 18.2 Å². The maximum absolute atomic E-state index is 14.2. The lowest BCUT2D eigenvalue weighted by Crippen LogP contribution is -2.39. The average Bonchev–Trinajstić information content (AvgIpc) is 3.31. The Balaban J connectivity index is 0.00000210. The highest BCUT2D eigenvalue weighted by molar-refractivity contribution is 5.94. The van der Waals surface area contributed by atoms with Crippen LogP contribution in [0.4, 0.5) is 8.78 Å². The van der Waals surface area contributed by atoms with Crippen LogP contribution in [-0.2, 0) is 19.5 Å². The zero-order valence-corrected chi connectivity index (χ0v) is 15.7. The number of nitrogens with zero attached hydrogens (tertiary/aromatic N) is 2. The predicted octanol–water partition coefficient (Wildman–Crippen LogP) is 3.34. The van der Waals surface area contributed by atoms with Crippen molar-refractivity contribution in [1.29, 1.82) is 0 Å². The Labute approximate surface area is 162 Å². The highest BCUT2D eigenvalue weighted by atomic mass is 35.5. The van der Waals surface area contributed by atoms with Crippen molar-refractivity contribution in [3.63, 3.8) is 0 Å². The smallest absolute Gasteiger partial charge is 0.275 e. The van der Waals surface area contributed by atoms with E-state index in [1.807, 2.05) is 0 Å². The zero-order chi connectivity index (χ0) is 18.1. The second-order valence-corrected chi connectivity index (χ2v) is 7.06. The number of halogens is 3. The number of hydrogen-bond donors (Lipinski definition) is 2. The Hall–Kier alpha value is -1.99. The fourth-order valence-electron chi connectivity index (χ4n) is 3.97. The van der Waals surface area contributed by atoms with Gasteiger partial charge in [-0.1, -0.05) is 12.8 Å². The highest BCUT2D eigenvalue weighted by Crippen LogP contribution is 2.28. The molecular weight excluding hydrogens is 374 g/mol. The lowest BCUT2D eigenvalue weighted by molar-refractivity contribution is 0.0654. The van der Waals surface area contributed by atoms with Crippen molar-refractivity contribution >= 4 is 18.3 Å². The van der Waals surface area contributed by atoms with Crippen molar-refractivity contribution in [1.82, 2.24) is 20.4 Å². The number of carbonyl (C=O) groups excluding carboxylic acids is 1. The number of H-pyrrole nitrogens is 1. The van der Waals surface area contributed by atoms with E-state index in [1.54, 1.807) is 4.90 Å². The number of hydrogen-bond acceptors (Lipinski definition) is 3. The van der Waals surface area contributed by atoms with Crippen LogP contribution < -0.4 is 5.32 Å². The topological polar surface area (TPSA) is 61.0 Å². The third kappa shape index (κ3) is 3.99. The van der Waals surface area contributed by atoms with E-state index in [0.29, 0.717) is 12.2 Å². The molecule has 0 bridgehead atoms. The van der Waals surface area contributed by atoms with Crippen LogP contribution in [0, 0.1) is 11.6 Å². The van der Waals surface area contributed by atoms with Crippen molar-refractivity contribution in [2.75, 3.05) is 6.54 Å². The minimum atomic E-state index is -0.499. The van der Waals surface area contributed by atoms with Crippen molar-refractivity contribution in [2.24, 2.45) is 0 Å². The molecular formula is C19H23ClF2N4O. The second kappa shape index (κ2) is 8.35. The first-order valence-corrected chi connectivity index (χ1v) is 9.15. The van der Waals surface area contributed by atoms with Gasteiger partial charge in [-0.05, 0) is 31.0 Å². The van der Waals surface area contributed by atoms with Gasteiger partial charge in [0, 0.05) is 48.9 Å². The number of benzene rings is 1. The molecule has 0 atom stereocenters. The molecule has 8 heteroatoms. The van der Waals surface area contributed by atoms with E-state index in [-0.39, 0.29) is 36.5 Å². The number of aromatic nitrogens is 2. The van der Waals surface area contributed by atoms with Gasteiger partial charge in [0.25, 0.3) is 5.91 Å². The quantitative estimate of drug-likeness (QED) is 0.833. The SMILES string of the molecule is Cl.O=C(c1n[nH]c2c1CNCC2)N(Cc1cc(F)ccc1F)C1CCCC1. The standard InChI is InChI=1S/C19H22F2N4O.ClH/c20-13-5-6-16(21)12(9-13)11-25(14-3-1-2-4-14)19(26)18-15-10-22-8-7-17(15)23-24-18;/h5-6,9,14,22H,1-4,7-8,10-11H2,(H,23,24);1H. The first kappa shape index (κ1) is 19.8. The van der Waals surface area contributed by atoms with Crippen LogP contribution in [0.1, 0.15) is 53.0 Å². The maximum atomic E-state index is 14.2. The van der Waals surface area contributed by atoms with E-state index in [0.717, 1.165) is 62.0 Å². The van der Waals surface area contributed by atoms with Crippen LogP contribution >= 0.6 is 12.4 Å². The van der Waals surface area contributed by atoms with E-state index >= 15 is 0 Å². The van der Waals surface area contributed by atoms with Crippen molar-refractivity contribution < 1.29 is 13.6 Å². The van der Waals surface area contributed by atoms with E-state index < -0.39 is 11.6 Å². The summed E-state index contributed by atoms with van der Waals surface area (Å²) >= 11 is 0. The molecule has 2 aliphatic rings. The van der Waals surface area contributed by atoms with Gasteiger partial charge in [-0.3, -0.25) is 9.89 Å². The largest absolute Gasteiger partial charge is 0.330 e. The first-order chi connectivity index (χ1) is 12.6. The van der Waals surface area contributed by atoms with E-state index in [1.165, 1.54) is 6.07 Å². The molecule has 0 saturated heterocycles. The normalized spacial score (nSPS) is 16.7. The lowest BCUT2D eigenvalue weighted by Gasteiger charge is -2.29. The van der Waals surface area contributed by atoms with Gasteiger partial charge in [0.15, 0.2) is 5.69 Å². The summed E-state index contributed by atoms with van der Waals surface area (Å²) in [7, 11) is 0. The Morgan fingerprint density at radius 3 is 2.81 bits per heavy atom. The molecule has 1 aliphatic carbocycles. The monoisotopic (exact) mass is 396 g/mol. The maximum Gasteiger partial charge on any atom is 0.275 e. The summed E-state index contributed by atoms with van der Waals surface area (Å²) in [6.45, 7) is 1.51. The molecule has 2 N–H and O–H groups in total. The summed E-state index contributed by atoms with van der Waals surface area (Å²) in [5, 5.41) is 10.5. The molecule has 1 aromatic carbocycles. The number of nitrogens with one attached hydrogen (secondary N) is 2. The molecule has 2 heterocycles. The Bertz CT molecular complexity index is 820. The second-order valence-electron chi connectivity index (χ2n) is 7.06. The number of aromatic amines is 1. The Morgan fingerprint density at radius 2 is 2.04 bits per heavy atom. The van der Waals surface area contributed by atoms with Crippen LogP contribution in [0.25, 0.3) is 0 Å². The predicted molar refractivity (Wildman–Crippen MR) is 99.7 cm³/mol. The lowest BCUT2D eigenvalue weighted by atomic mass is 10.0. The molecule has 146 valence electrons. The summed E-state index contributed by atoms with van der Waals surface area (Å²) < 4.78 is 27.7. The molecule has 0 radical (unpaired) electrons. The molecule has 0 unspecified atom stereocenters. The summed E-state index contributed by atoms with van der Waals surface area (Å²) in [6.07, 6.45) is 4.65. The van der Waals surface area contributed by atoms with Gasteiger partial charge in [-0.15, -0.1) is 12.4 Å². The molecule has 1 fully saturated rings. The molecule has 0 spiro atoms. The van der Waals surface area contributed by atoms with Gasteiger partial charge in [-0.25, -0.2) is 8.78 Å². The minimum absolute atomic E-state index is 0. The first-order valence-electron chi connectivity index (χ1n) is 9.15. The molecule has 4 rings (SSSR count). The van der Waals surface area contributed by atoms with Gasteiger partial charge in [0.1, 0.15) is 11.6 Å². The molecule has 1 saturated carbocycles. The third-order valence-corrected chi connectivity index (χ3v) is 5.38. The van der Waals surface area contributed by atoms with Gasteiger partial charge >= 0.3 is 0 Å². The van der Waals surface area contributed by atoms with E-state index in [2.05, 4.69) is 15.5 Å². The van der Waals surface area contributed by atoms with Gasteiger partial charge < -0.3 is 10.2 Å². The van der Waals surface area contributed by atoms with Gasteiger partial charge in [0.05, 0.1) is 0 Å². The van der Waals surface area contributed by atoms with Gasteiger partial charge in [0.2, 0.25) is 0 Å². The van der Waals surface area contributed by atoms with Crippen LogP contribution in [0.5, 0.6) is 0 Å². The Kier molecular flexibility index (Phi) is 6.11. The minimum Gasteiger partial charge on any atom is -0.330 e. The van der Waals surface area contributed by atoms with E-state index in [9.17, 15) is 13.6 Å². The molecule has 1 aromatic heterocycles. The molecule has 1 amide bonds. The number of rotatable bonds is 4. The fraction of sp³-hybridized carbons (Fsp3) is 0.474. The summed E-state index contributed by atoms with van der Waals surface area (Å²) in [5.41, 5.74) is 2.48. The van der Waals surface area contributed by atoms with Crippen molar-refractivity contribution in [3.8, 4) is 0 Å². The molecule has 1 aliphatic heterocycles. The third-order valence-electron chi connectivity index (χ3n) is 5.38. The summed E-state index contributed by atoms with van der Waals surface area (Å²) in [6, 6.07) is 3.42. The molecule has 5 nitrogen and oxygen atoms in total. The van der Waals surface area contributed by atoms with Crippen molar-refractivity contribution in [2.45, 2.75) is 51.2 Å².